The highest BCUT2D eigenvalue weighted by Gasteiger charge is 2.51. The third-order valence-electron chi connectivity index (χ3n) is 4.92. The van der Waals surface area contributed by atoms with Gasteiger partial charge in [-0.3, -0.25) is 14.5 Å². The number of urea groups is 1. The topological polar surface area (TPSA) is 78.5 Å². The second-order valence-electron chi connectivity index (χ2n) is 6.55. The maximum atomic E-state index is 13.0. The van der Waals surface area contributed by atoms with Gasteiger partial charge in [0.05, 0.1) is 0 Å². The summed E-state index contributed by atoms with van der Waals surface area (Å²) in [6, 6.07) is 16.0. The van der Waals surface area contributed by atoms with Crippen LogP contribution in [0.3, 0.4) is 0 Å². The van der Waals surface area contributed by atoms with Crippen molar-refractivity contribution in [3.05, 3.63) is 65.7 Å². The lowest BCUT2D eigenvalue weighted by Gasteiger charge is -2.25. The molecule has 6 nitrogen and oxygen atoms in total. The molecule has 0 bridgehead atoms. The van der Waals surface area contributed by atoms with Crippen LogP contribution < -0.4 is 10.6 Å². The molecule has 1 aliphatic heterocycles. The fraction of sp³-hybridized carbons (Fsp3) is 0.286. The van der Waals surface area contributed by atoms with Gasteiger partial charge in [0, 0.05) is 5.69 Å². The predicted octanol–water partition coefficient (Wildman–Crippen LogP) is 3.04. The molecule has 1 aliphatic rings. The highest BCUT2D eigenvalue weighted by molar-refractivity contribution is 6.10. The predicted molar refractivity (Wildman–Crippen MR) is 103 cm³/mol. The molecule has 6 heteroatoms. The Hall–Kier alpha value is -3.15. The van der Waals surface area contributed by atoms with E-state index in [1.807, 2.05) is 49.4 Å². The fourth-order valence-electron chi connectivity index (χ4n) is 3.30. The van der Waals surface area contributed by atoms with E-state index in [0.717, 1.165) is 16.9 Å². The average molecular weight is 365 g/mol. The van der Waals surface area contributed by atoms with E-state index in [-0.39, 0.29) is 6.54 Å². The Bertz CT molecular complexity index is 849. The molecule has 0 aromatic heterocycles. The summed E-state index contributed by atoms with van der Waals surface area (Å²) >= 11 is 0. The summed E-state index contributed by atoms with van der Waals surface area (Å²) in [4.78, 5) is 38.8. The van der Waals surface area contributed by atoms with Crippen LogP contribution in [0.4, 0.5) is 10.5 Å². The standard InChI is InChI=1S/C21H23N3O3/c1-3-15-10-12-17(13-11-15)22-18(25)14-24-19(26)21(4-2,23-20(24)27)16-8-6-5-7-9-16/h5-13H,3-4,14H2,1-2H3,(H,22,25)(H,23,27). The van der Waals surface area contributed by atoms with Gasteiger partial charge in [0.25, 0.3) is 5.91 Å². The van der Waals surface area contributed by atoms with Crippen molar-refractivity contribution in [2.75, 3.05) is 11.9 Å². The van der Waals surface area contributed by atoms with Gasteiger partial charge in [0.2, 0.25) is 5.91 Å². The van der Waals surface area contributed by atoms with E-state index in [1.54, 1.807) is 12.1 Å². The monoisotopic (exact) mass is 365 g/mol. The van der Waals surface area contributed by atoms with Crippen molar-refractivity contribution in [3.8, 4) is 0 Å². The number of carbonyl (C=O) groups excluding carboxylic acids is 3. The van der Waals surface area contributed by atoms with Gasteiger partial charge in [-0.05, 0) is 36.1 Å². The molecule has 0 saturated carbocycles. The van der Waals surface area contributed by atoms with Crippen molar-refractivity contribution in [1.29, 1.82) is 0 Å². The summed E-state index contributed by atoms with van der Waals surface area (Å²) in [7, 11) is 0. The second kappa shape index (κ2) is 7.61. The zero-order chi connectivity index (χ0) is 19.4. The molecular weight excluding hydrogens is 342 g/mol. The molecule has 0 spiro atoms. The summed E-state index contributed by atoms with van der Waals surface area (Å²) in [5.41, 5.74) is 1.39. The number of imide groups is 1. The minimum Gasteiger partial charge on any atom is -0.325 e. The molecule has 4 amide bonds. The number of amides is 4. The SMILES string of the molecule is CCc1ccc(NC(=O)CN2C(=O)NC(CC)(c3ccccc3)C2=O)cc1. The molecule has 3 rings (SSSR count). The molecule has 1 fully saturated rings. The van der Waals surface area contributed by atoms with Gasteiger partial charge in [0.1, 0.15) is 12.1 Å². The van der Waals surface area contributed by atoms with Gasteiger partial charge >= 0.3 is 6.03 Å². The smallest absolute Gasteiger partial charge is 0.325 e. The van der Waals surface area contributed by atoms with Crippen molar-refractivity contribution in [1.82, 2.24) is 10.2 Å². The Labute approximate surface area is 158 Å². The van der Waals surface area contributed by atoms with Crippen molar-refractivity contribution < 1.29 is 14.4 Å². The molecule has 1 unspecified atom stereocenters. The Morgan fingerprint density at radius 1 is 1.04 bits per heavy atom. The summed E-state index contributed by atoms with van der Waals surface area (Å²) in [5.74, 6) is -0.819. The lowest BCUT2D eigenvalue weighted by molar-refractivity contribution is -0.134. The fourth-order valence-corrected chi connectivity index (χ4v) is 3.30. The van der Waals surface area contributed by atoms with Crippen LogP contribution in [0.15, 0.2) is 54.6 Å². The molecule has 140 valence electrons. The minimum absolute atomic E-state index is 0.325. The van der Waals surface area contributed by atoms with Gasteiger partial charge in [-0.15, -0.1) is 0 Å². The molecule has 0 aliphatic carbocycles. The van der Waals surface area contributed by atoms with Crippen molar-refractivity contribution in [2.45, 2.75) is 32.2 Å². The minimum atomic E-state index is -1.12. The Kier molecular flexibility index (Phi) is 5.26. The van der Waals surface area contributed by atoms with Crippen LogP contribution in [0.5, 0.6) is 0 Å². The Morgan fingerprint density at radius 3 is 2.30 bits per heavy atom. The van der Waals surface area contributed by atoms with Crippen molar-refractivity contribution in [3.63, 3.8) is 0 Å². The third kappa shape index (κ3) is 3.56. The maximum Gasteiger partial charge on any atom is 0.325 e. The molecule has 1 heterocycles. The quantitative estimate of drug-likeness (QED) is 0.773. The molecule has 2 aromatic rings. The number of aryl methyl sites for hydroxylation is 1. The number of nitrogens with zero attached hydrogens (tertiary/aromatic N) is 1. The first-order valence-corrected chi connectivity index (χ1v) is 9.08. The highest BCUT2D eigenvalue weighted by atomic mass is 16.2. The van der Waals surface area contributed by atoms with E-state index in [4.69, 9.17) is 0 Å². The van der Waals surface area contributed by atoms with E-state index in [2.05, 4.69) is 17.6 Å². The van der Waals surface area contributed by atoms with Crippen LogP contribution in [-0.4, -0.2) is 29.3 Å². The van der Waals surface area contributed by atoms with Crippen LogP contribution in [-0.2, 0) is 21.5 Å². The molecule has 1 atom stereocenters. The number of anilines is 1. The van der Waals surface area contributed by atoms with Gasteiger partial charge in [-0.1, -0.05) is 56.3 Å². The second-order valence-corrected chi connectivity index (χ2v) is 6.55. The summed E-state index contributed by atoms with van der Waals surface area (Å²) in [5, 5.41) is 5.51. The number of carbonyl (C=O) groups is 3. The maximum absolute atomic E-state index is 13.0. The van der Waals surface area contributed by atoms with Crippen LogP contribution in [0.2, 0.25) is 0 Å². The number of hydrogen-bond donors (Lipinski definition) is 2. The zero-order valence-electron chi connectivity index (χ0n) is 15.5. The molecule has 27 heavy (non-hydrogen) atoms. The zero-order valence-corrected chi connectivity index (χ0v) is 15.5. The highest BCUT2D eigenvalue weighted by Crippen LogP contribution is 2.32. The lowest BCUT2D eigenvalue weighted by atomic mass is 9.87. The number of benzene rings is 2. The Morgan fingerprint density at radius 2 is 1.70 bits per heavy atom. The van der Waals surface area contributed by atoms with Crippen LogP contribution in [0, 0.1) is 0 Å². The van der Waals surface area contributed by atoms with Crippen LogP contribution in [0.1, 0.15) is 31.4 Å². The summed E-state index contributed by atoms with van der Waals surface area (Å²) in [6.07, 6.45) is 1.31. The first-order valence-electron chi connectivity index (χ1n) is 9.08. The number of rotatable bonds is 6. The molecule has 0 radical (unpaired) electrons. The van der Waals surface area contributed by atoms with E-state index in [9.17, 15) is 14.4 Å². The van der Waals surface area contributed by atoms with Gasteiger partial charge in [0.15, 0.2) is 0 Å². The summed E-state index contributed by atoms with van der Waals surface area (Å²) < 4.78 is 0. The molecule has 2 aromatic carbocycles. The molecular formula is C21H23N3O3. The first-order chi connectivity index (χ1) is 13.0. The lowest BCUT2D eigenvalue weighted by Crippen LogP contribution is -2.44. The van der Waals surface area contributed by atoms with Gasteiger partial charge in [-0.25, -0.2) is 4.79 Å². The van der Waals surface area contributed by atoms with Gasteiger partial charge < -0.3 is 10.6 Å². The summed E-state index contributed by atoms with van der Waals surface area (Å²) in [6.45, 7) is 3.57. The number of hydrogen-bond acceptors (Lipinski definition) is 3. The molecule has 1 saturated heterocycles. The van der Waals surface area contributed by atoms with Gasteiger partial charge in [-0.2, -0.15) is 0 Å². The van der Waals surface area contributed by atoms with Crippen molar-refractivity contribution in [2.24, 2.45) is 0 Å². The van der Waals surface area contributed by atoms with E-state index in [1.165, 1.54) is 0 Å². The van der Waals surface area contributed by atoms with E-state index < -0.39 is 23.4 Å². The largest absolute Gasteiger partial charge is 0.325 e. The first kappa shape index (κ1) is 18.6. The van der Waals surface area contributed by atoms with E-state index >= 15 is 0 Å². The van der Waals surface area contributed by atoms with Crippen LogP contribution in [0.25, 0.3) is 0 Å². The third-order valence-corrected chi connectivity index (χ3v) is 4.92. The average Bonchev–Trinajstić information content (AvgIpc) is 2.94. The van der Waals surface area contributed by atoms with E-state index in [0.29, 0.717) is 17.7 Å². The van der Waals surface area contributed by atoms with Crippen molar-refractivity contribution >= 4 is 23.5 Å². The van der Waals surface area contributed by atoms with Crippen LogP contribution >= 0.6 is 0 Å². The number of nitrogens with one attached hydrogen (secondary N) is 2. The normalized spacial score (nSPS) is 19.1. The molecule has 2 N–H and O–H groups in total. The Balaban J connectivity index is 1.74.